The fourth-order valence-electron chi connectivity index (χ4n) is 2.35. The van der Waals surface area contributed by atoms with Gasteiger partial charge in [-0.05, 0) is 5.53 Å². The molecule has 21 heavy (non-hydrogen) atoms. The molecule has 11 heteroatoms. The number of hydrogen-bond donors (Lipinski definition) is 2. The van der Waals surface area contributed by atoms with Gasteiger partial charge in [-0.3, -0.25) is 4.57 Å². The number of hydrogen-bond acceptors (Lipinski definition) is 7. The maximum atomic E-state index is 9.28. The molecule has 1 fully saturated rings. The van der Waals surface area contributed by atoms with E-state index in [9.17, 15) is 5.11 Å². The molecule has 3 atom stereocenters. The van der Waals surface area contributed by atoms with Gasteiger partial charge in [0.15, 0.2) is 10.8 Å². The van der Waals surface area contributed by atoms with E-state index in [4.69, 9.17) is 27.6 Å². The minimum atomic E-state index is -0.571. The topological polar surface area (TPSA) is 148 Å². The van der Waals surface area contributed by atoms with Crippen molar-refractivity contribution in [1.82, 2.24) is 19.5 Å². The zero-order valence-corrected chi connectivity index (χ0v) is 11.4. The molecule has 3 heterocycles. The predicted octanol–water partition coefficient (Wildman–Crippen LogP) is 1.02. The zero-order chi connectivity index (χ0) is 15.0. The molecule has 0 aromatic carbocycles. The first-order valence-electron chi connectivity index (χ1n) is 6.10. The monoisotopic (exact) mass is 310 g/mol. The van der Waals surface area contributed by atoms with Crippen LogP contribution in [0, 0.1) is 0 Å². The lowest BCUT2D eigenvalue weighted by molar-refractivity contribution is -0.0232. The van der Waals surface area contributed by atoms with Crippen LogP contribution in [0.4, 0.5) is 5.95 Å². The van der Waals surface area contributed by atoms with Crippen molar-refractivity contribution in [3.05, 3.63) is 21.9 Å². The van der Waals surface area contributed by atoms with Crippen LogP contribution < -0.4 is 5.73 Å². The van der Waals surface area contributed by atoms with Crippen LogP contribution in [-0.2, 0) is 4.74 Å². The van der Waals surface area contributed by atoms with Gasteiger partial charge >= 0.3 is 0 Å². The Labute approximate surface area is 123 Å². The Morgan fingerprint density at radius 1 is 1.62 bits per heavy atom. The average molecular weight is 311 g/mol. The molecule has 0 bridgehead atoms. The molecule has 0 unspecified atom stereocenters. The minimum absolute atomic E-state index is 0.0255. The zero-order valence-electron chi connectivity index (χ0n) is 10.7. The molecular weight excluding hydrogens is 300 g/mol. The maximum Gasteiger partial charge on any atom is 0.223 e. The van der Waals surface area contributed by atoms with E-state index in [1.165, 1.54) is 6.33 Å². The summed E-state index contributed by atoms with van der Waals surface area (Å²) in [7, 11) is 0. The van der Waals surface area contributed by atoms with E-state index in [1.807, 2.05) is 0 Å². The molecule has 0 amide bonds. The number of nitrogens with zero attached hydrogens (tertiary/aromatic N) is 7. The average Bonchev–Trinajstić information content (AvgIpc) is 3.02. The fraction of sp³-hybridized carbons (Fsp3) is 0.500. The summed E-state index contributed by atoms with van der Waals surface area (Å²) >= 11 is 5.96. The minimum Gasteiger partial charge on any atom is -0.394 e. The number of halogens is 1. The number of rotatable bonds is 3. The number of nitrogen functional groups attached to an aromatic ring is 1. The van der Waals surface area contributed by atoms with Crippen molar-refractivity contribution in [3.8, 4) is 0 Å². The number of anilines is 1. The highest BCUT2D eigenvalue weighted by atomic mass is 35.5. The summed E-state index contributed by atoms with van der Waals surface area (Å²) in [4.78, 5) is 14.8. The largest absolute Gasteiger partial charge is 0.394 e. The van der Waals surface area contributed by atoms with E-state index in [-0.39, 0.29) is 17.7 Å². The second-order valence-electron chi connectivity index (χ2n) is 4.52. The number of fused-ring (bicyclic) bond motifs is 1. The molecule has 1 aliphatic heterocycles. The number of aliphatic hydroxyl groups is 1. The Morgan fingerprint density at radius 3 is 3.14 bits per heavy atom. The number of aromatic nitrogens is 4. The summed E-state index contributed by atoms with van der Waals surface area (Å²) in [6.45, 7) is -0.245. The van der Waals surface area contributed by atoms with Crippen molar-refractivity contribution in [1.29, 1.82) is 0 Å². The molecule has 3 N–H and O–H groups in total. The van der Waals surface area contributed by atoms with E-state index in [2.05, 4.69) is 25.0 Å². The molecule has 1 aliphatic rings. The summed E-state index contributed by atoms with van der Waals surface area (Å²) in [6, 6.07) is -0.461. The van der Waals surface area contributed by atoms with Gasteiger partial charge in [-0.15, -0.1) is 0 Å². The van der Waals surface area contributed by atoms with Crippen LogP contribution in [0.15, 0.2) is 11.4 Å². The molecular formula is C10H11ClN8O2. The van der Waals surface area contributed by atoms with Crippen LogP contribution in [0.1, 0.15) is 12.6 Å². The smallest absolute Gasteiger partial charge is 0.223 e. The first-order chi connectivity index (χ1) is 10.1. The van der Waals surface area contributed by atoms with Crippen LogP contribution in [0.3, 0.4) is 0 Å². The number of nitrogens with two attached hydrogens (primary N) is 1. The molecule has 110 valence electrons. The molecule has 3 rings (SSSR count). The van der Waals surface area contributed by atoms with E-state index in [1.54, 1.807) is 4.57 Å². The Kier molecular flexibility index (Phi) is 3.52. The molecule has 0 radical (unpaired) electrons. The maximum absolute atomic E-state index is 9.28. The van der Waals surface area contributed by atoms with Gasteiger partial charge in [0.25, 0.3) is 0 Å². The standard InChI is InChI=1S/C10H11ClN8O2/c11-8-7-9(16-10(12)15-8)19(3-14-7)6-1-4(17-18-13)5(2-20)21-6/h3-6,20H,1-2H2,(H2,12,15,16)/t4-,5-,6-/m1/s1. The number of aliphatic hydroxyl groups excluding tert-OH is 1. The van der Waals surface area contributed by atoms with Crippen molar-refractivity contribution in [2.75, 3.05) is 12.3 Å². The van der Waals surface area contributed by atoms with Gasteiger partial charge in [-0.2, -0.15) is 9.97 Å². The van der Waals surface area contributed by atoms with Gasteiger partial charge in [0.1, 0.15) is 11.7 Å². The van der Waals surface area contributed by atoms with Crippen molar-refractivity contribution in [3.63, 3.8) is 0 Å². The van der Waals surface area contributed by atoms with Gasteiger partial charge < -0.3 is 15.6 Å². The normalized spacial score (nSPS) is 25.1. The van der Waals surface area contributed by atoms with Crippen LogP contribution in [0.2, 0.25) is 5.15 Å². The predicted molar refractivity (Wildman–Crippen MR) is 73.3 cm³/mol. The quantitative estimate of drug-likeness (QED) is 0.374. The Balaban J connectivity index is 2.00. The molecule has 1 saturated heterocycles. The van der Waals surface area contributed by atoms with Crippen molar-refractivity contribution in [2.24, 2.45) is 5.11 Å². The van der Waals surface area contributed by atoms with Crippen molar-refractivity contribution < 1.29 is 9.84 Å². The SMILES string of the molecule is [N-]=[N+]=N[C@@H]1C[C@H](n2cnc3c(Cl)nc(N)nc32)O[C@@H]1CO. The third-order valence-corrected chi connectivity index (χ3v) is 3.55. The molecule has 2 aromatic rings. The summed E-state index contributed by atoms with van der Waals surface area (Å²) in [5.41, 5.74) is 15.0. The van der Waals surface area contributed by atoms with Crippen molar-refractivity contribution >= 4 is 28.7 Å². The van der Waals surface area contributed by atoms with E-state index in [0.717, 1.165) is 0 Å². The lowest BCUT2D eigenvalue weighted by Gasteiger charge is -2.13. The summed E-state index contributed by atoms with van der Waals surface area (Å²) < 4.78 is 7.31. The van der Waals surface area contributed by atoms with Crippen molar-refractivity contribution in [2.45, 2.75) is 24.8 Å². The van der Waals surface area contributed by atoms with Gasteiger partial charge in [-0.25, -0.2) is 4.98 Å². The lowest BCUT2D eigenvalue weighted by atomic mass is 10.1. The van der Waals surface area contributed by atoms with E-state index >= 15 is 0 Å². The summed E-state index contributed by atoms with van der Waals surface area (Å²) in [5, 5.41) is 13.1. The number of ether oxygens (including phenoxy) is 1. The molecule has 0 saturated carbocycles. The van der Waals surface area contributed by atoms with Crippen LogP contribution in [0.25, 0.3) is 21.6 Å². The van der Waals surface area contributed by atoms with E-state index < -0.39 is 18.4 Å². The van der Waals surface area contributed by atoms with Crippen LogP contribution in [0.5, 0.6) is 0 Å². The second kappa shape index (κ2) is 5.34. The first-order valence-corrected chi connectivity index (χ1v) is 6.48. The van der Waals surface area contributed by atoms with Crippen LogP contribution >= 0.6 is 11.6 Å². The molecule has 2 aromatic heterocycles. The van der Waals surface area contributed by atoms with Gasteiger partial charge in [0, 0.05) is 11.3 Å². The van der Waals surface area contributed by atoms with E-state index in [0.29, 0.717) is 17.6 Å². The van der Waals surface area contributed by atoms with Gasteiger partial charge in [0.2, 0.25) is 5.95 Å². The molecule has 10 nitrogen and oxygen atoms in total. The Morgan fingerprint density at radius 2 is 2.43 bits per heavy atom. The summed E-state index contributed by atoms with van der Waals surface area (Å²) in [6.07, 6.45) is 0.843. The first kappa shape index (κ1) is 13.8. The number of azide groups is 1. The number of imidazole rings is 1. The summed E-state index contributed by atoms with van der Waals surface area (Å²) in [5.74, 6) is 0.0255. The van der Waals surface area contributed by atoms with Crippen LogP contribution in [-0.4, -0.2) is 43.4 Å². The third kappa shape index (κ3) is 2.34. The molecule has 0 aliphatic carbocycles. The highest BCUT2D eigenvalue weighted by Crippen LogP contribution is 2.33. The lowest BCUT2D eigenvalue weighted by Crippen LogP contribution is -2.22. The fourth-order valence-corrected chi connectivity index (χ4v) is 2.57. The highest BCUT2D eigenvalue weighted by molar-refractivity contribution is 6.33. The highest BCUT2D eigenvalue weighted by Gasteiger charge is 2.36. The third-order valence-electron chi connectivity index (χ3n) is 3.29. The van der Waals surface area contributed by atoms with Gasteiger partial charge in [0.05, 0.1) is 25.1 Å². The van der Waals surface area contributed by atoms with Gasteiger partial charge in [-0.1, -0.05) is 16.7 Å². The Bertz CT molecular complexity index is 727. The Hall–Kier alpha value is -2.13. The second-order valence-corrected chi connectivity index (χ2v) is 4.87. The molecule has 0 spiro atoms.